The molecule has 212 valence electrons. The van der Waals surface area contributed by atoms with E-state index in [1.807, 2.05) is 20.8 Å². The van der Waals surface area contributed by atoms with Crippen molar-refractivity contribution < 1.29 is 18.7 Å². The van der Waals surface area contributed by atoms with Crippen LogP contribution in [-0.2, 0) is 4.79 Å². The van der Waals surface area contributed by atoms with Crippen molar-refractivity contribution >= 4 is 34.6 Å². The highest BCUT2D eigenvalue weighted by Crippen LogP contribution is 2.36. The molecule has 5 rings (SSSR count). The van der Waals surface area contributed by atoms with Crippen LogP contribution in [0.3, 0.4) is 0 Å². The van der Waals surface area contributed by atoms with Crippen molar-refractivity contribution in [2.75, 3.05) is 18.6 Å². The number of amidine groups is 1. The fraction of sp³-hybridized carbons (Fsp3) is 0.483. The lowest BCUT2D eigenvalue weighted by Crippen LogP contribution is -2.38. The summed E-state index contributed by atoms with van der Waals surface area (Å²) >= 11 is 1.32. The number of hydrazone groups is 1. The van der Waals surface area contributed by atoms with Crippen LogP contribution in [-0.4, -0.2) is 46.0 Å². The van der Waals surface area contributed by atoms with E-state index in [2.05, 4.69) is 37.7 Å². The minimum Gasteiger partial charge on any atom is -0.494 e. The van der Waals surface area contributed by atoms with E-state index in [9.17, 15) is 14.0 Å². The molecule has 2 N–H and O–H groups in total. The zero-order valence-electron chi connectivity index (χ0n) is 23.5. The quantitative estimate of drug-likeness (QED) is 0.488. The number of rotatable bonds is 5. The number of ether oxygens (including phenoxy) is 1. The molecule has 0 bridgehead atoms. The fourth-order valence-electron chi connectivity index (χ4n) is 4.26. The van der Waals surface area contributed by atoms with Gasteiger partial charge in [-0.25, -0.2) is 9.37 Å². The first kappa shape index (κ1) is 29.3. The van der Waals surface area contributed by atoms with Gasteiger partial charge in [0.2, 0.25) is 5.91 Å². The minimum atomic E-state index is -1.33. The smallest absolute Gasteiger partial charge is 0.259 e. The summed E-state index contributed by atoms with van der Waals surface area (Å²) in [5, 5.41) is 7.18. The van der Waals surface area contributed by atoms with Crippen LogP contribution in [0.2, 0.25) is 0 Å². The molecule has 1 saturated carbocycles. The summed E-state index contributed by atoms with van der Waals surface area (Å²) < 4.78 is 19.7. The first-order valence-electron chi connectivity index (χ1n) is 13.6. The lowest BCUT2D eigenvalue weighted by atomic mass is 9.97. The predicted octanol–water partition coefficient (Wildman–Crippen LogP) is 5.05. The van der Waals surface area contributed by atoms with Gasteiger partial charge in [-0.2, -0.15) is 5.10 Å². The van der Waals surface area contributed by atoms with E-state index in [-0.39, 0.29) is 22.5 Å². The molecule has 9 nitrogen and oxygen atoms in total. The van der Waals surface area contributed by atoms with Gasteiger partial charge in [0.05, 0.1) is 24.6 Å². The van der Waals surface area contributed by atoms with Gasteiger partial charge in [0.25, 0.3) is 5.91 Å². The van der Waals surface area contributed by atoms with E-state index in [1.54, 1.807) is 17.0 Å². The van der Waals surface area contributed by atoms with E-state index < -0.39 is 12.1 Å². The lowest BCUT2D eigenvalue weighted by molar-refractivity contribution is -0.120. The van der Waals surface area contributed by atoms with Crippen molar-refractivity contribution in [3.8, 4) is 28.7 Å². The number of thioether (sulfide) groups is 1. The number of methoxy groups -OCH3 is 1. The second kappa shape index (κ2) is 13.1. The molecule has 0 radical (unpaired) electrons. The van der Waals surface area contributed by atoms with E-state index in [1.165, 1.54) is 38.2 Å². The van der Waals surface area contributed by atoms with Crippen LogP contribution in [0.5, 0.6) is 5.75 Å². The van der Waals surface area contributed by atoms with Gasteiger partial charge in [0.1, 0.15) is 17.7 Å². The number of amides is 2. The number of alkyl halides is 1. The number of carbonyl (C=O) groups is 2. The number of aromatic nitrogens is 2. The van der Waals surface area contributed by atoms with Gasteiger partial charge in [-0.05, 0) is 56.0 Å². The number of nitrogens with one attached hydrogen (secondary N) is 2. The molecule has 1 aliphatic carbocycles. The van der Waals surface area contributed by atoms with Crippen molar-refractivity contribution in [3.63, 3.8) is 0 Å². The third-order valence-electron chi connectivity index (χ3n) is 6.62. The maximum Gasteiger partial charge on any atom is 0.259 e. The zero-order valence-corrected chi connectivity index (χ0v) is 24.3. The summed E-state index contributed by atoms with van der Waals surface area (Å²) in [6, 6.07) is 3.24. The topological polar surface area (TPSA) is 109 Å². The van der Waals surface area contributed by atoms with Gasteiger partial charge in [0.15, 0.2) is 10.5 Å². The summed E-state index contributed by atoms with van der Waals surface area (Å²) in [4.78, 5) is 36.5. The number of piperidine rings is 1. The zero-order chi connectivity index (χ0) is 28.8. The first-order chi connectivity index (χ1) is 19.3. The molecular formula is C29H35FN6O3S. The van der Waals surface area contributed by atoms with Gasteiger partial charge in [-0.15, -0.1) is 0 Å². The van der Waals surface area contributed by atoms with Gasteiger partial charge >= 0.3 is 0 Å². The Morgan fingerprint density at radius 3 is 2.65 bits per heavy atom. The Kier molecular flexibility index (Phi) is 9.63. The second-order valence-electron chi connectivity index (χ2n) is 9.72. The van der Waals surface area contributed by atoms with Crippen molar-refractivity contribution in [3.05, 3.63) is 35.8 Å². The molecule has 2 aliphatic heterocycles. The van der Waals surface area contributed by atoms with E-state index >= 15 is 0 Å². The normalized spacial score (nSPS) is 20.7. The number of halogens is 1. The average molecular weight is 567 g/mol. The number of carbonyl (C=O) groups excluding carboxylic acids is 2. The van der Waals surface area contributed by atoms with E-state index in [0.29, 0.717) is 52.7 Å². The van der Waals surface area contributed by atoms with Crippen molar-refractivity contribution in [1.82, 2.24) is 20.7 Å². The van der Waals surface area contributed by atoms with Crippen LogP contribution < -0.4 is 20.4 Å². The molecule has 3 aliphatic rings. The summed E-state index contributed by atoms with van der Waals surface area (Å²) in [5.41, 5.74) is 4.27. The Morgan fingerprint density at radius 2 is 1.98 bits per heavy atom. The Hall–Kier alpha value is -3.65. The van der Waals surface area contributed by atoms with Gasteiger partial charge in [0, 0.05) is 36.2 Å². The molecule has 40 heavy (non-hydrogen) atoms. The van der Waals surface area contributed by atoms with E-state index in [4.69, 9.17) is 4.74 Å². The average Bonchev–Trinajstić information content (AvgIpc) is 3.69. The first-order valence-corrected chi connectivity index (χ1v) is 14.5. The van der Waals surface area contributed by atoms with Crippen LogP contribution in [0.25, 0.3) is 11.1 Å². The number of hydrogen-bond acceptors (Lipinski definition) is 8. The maximum atomic E-state index is 14.2. The van der Waals surface area contributed by atoms with Gasteiger partial charge in [-0.1, -0.05) is 32.6 Å². The summed E-state index contributed by atoms with van der Waals surface area (Å²) in [7, 11) is 1.48. The molecule has 0 spiro atoms. The molecule has 3 atom stereocenters. The Morgan fingerprint density at radius 1 is 1.20 bits per heavy atom. The van der Waals surface area contributed by atoms with Crippen LogP contribution in [0.15, 0.2) is 29.6 Å². The maximum absolute atomic E-state index is 14.2. The van der Waals surface area contributed by atoms with Crippen molar-refractivity contribution in [1.29, 1.82) is 0 Å². The minimum absolute atomic E-state index is 0.0275. The van der Waals surface area contributed by atoms with Crippen molar-refractivity contribution in [2.24, 2.45) is 16.9 Å². The largest absolute Gasteiger partial charge is 0.494 e. The molecule has 11 heteroatoms. The molecule has 2 aromatic heterocycles. The fourth-order valence-corrected chi connectivity index (χ4v) is 4.97. The molecule has 1 saturated heterocycles. The lowest BCUT2D eigenvalue weighted by Gasteiger charge is -2.29. The molecule has 0 aromatic carbocycles. The third-order valence-corrected chi connectivity index (χ3v) is 7.49. The second-order valence-corrected chi connectivity index (χ2v) is 10.8. The van der Waals surface area contributed by atoms with Crippen LogP contribution in [0, 0.1) is 23.7 Å². The Labute approximate surface area is 238 Å². The SMILES string of the molecule is CC.COc1cnc(C(C)F)cc1-c1cc(N2CCC(C)CC2=O)ncc1C(=O)NC1=NNC(C#CC2CC2)S1. The molecule has 2 aromatic rings. The molecule has 3 unspecified atom stereocenters. The van der Waals surface area contributed by atoms with Crippen LogP contribution in [0.4, 0.5) is 10.2 Å². The monoisotopic (exact) mass is 566 g/mol. The Balaban J connectivity index is 0.00000181. The summed E-state index contributed by atoms with van der Waals surface area (Å²) in [6.07, 6.45) is 5.07. The highest BCUT2D eigenvalue weighted by Gasteiger charge is 2.28. The molecule has 2 fully saturated rings. The third kappa shape index (κ3) is 6.91. The highest BCUT2D eigenvalue weighted by atomic mass is 32.2. The molecular weight excluding hydrogens is 531 g/mol. The highest BCUT2D eigenvalue weighted by molar-refractivity contribution is 8.14. The number of nitrogens with zero attached hydrogens (tertiary/aromatic N) is 4. The molecule has 4 heterocycles. The predicted molar refractivity (Wildman–Crippen MR) is 156 cm³/mol. The number of anilines is 1. The summed E-state index contributed by atoms with van der Waals surface area (Å²) in [5.74, 6) is 7.40. The molecule has 2 amide bonds. The Bertz CT molecular complexity index is 1350. The summed E-state index contributed by atoms with van der Waals surface area (Å²) in [6.45, 7) is 7.97. The van der Waals surface area contributed by atoms with Gasteiger partial charge < -0.3 is 4.74 Å². The number of hydrogen-bond donors (Lipinski definition) is 2. The van der Waals surface area contributed by atoms with E-state index in [0.717, 1.165) is 19.3 Å². The van der Waals surface area contributed by atoms with Crippen LogP contribution >= 0.6 is 11.8 Å². The van der Waals surface area contributed by atoms with Gasteiger partial charge in [-0.3, -0.25) is 30.2 Å². The number of pyridine rings is 2. The van der Waals surface area contributed by atoms with Crippen molar-refractivity contribution in [2.45, 2.75) is 64.9 Å². The van der Waals surface area contributed by atoms with Crippen LogP contribution in [0.1, 0.15) is 75.6 Å². The standard InChI is InChI=1S/C27H29FN6O3S.C2H6/c1-15-8-9-34(25(35)10-15)23-12-18(19-11-21(16(2)28)29-14-22(19)37-3)20(13-30-23)26(36)31-27-33-32-24(38-27)7-6-17-4-5-17;1-2/h11-17,24,32H,4-5,8-10H2,1-3H3,(H,31,33,36);1-2H3.